The number of hydrogen-bond donors (Lipinski definition) is 2. The third-order valence-corrected chi connectivity index (χ3v) is 4.06. The third-order valence-electron chi connectivity index (χ3n) is 2.79. The summed E-state index contributed by atoms with van der Waals surface area (Å²) in [6.45, 7) is 6.37. The monoisotopic (exact) mass is 306 g/mol. The van der Waals surface area contributed by atoms with Gasteiger partial charge in [-0.05, 0) is 24.4 Å². The minimum absolute atomic E-state index is 0.0922. The lowest BCUT2D eigenvalue weighted by atomic mass is 9.91. The molecule has 0 saturated carbocycles. The van der Waals surface area contributed by atoms with E-state index in [0.29, 0.717) is 4.77 Å². The first kappa shape index (κ1) is 13.3. The molecule has 104 valence electrons. The Morgan fingerprint density at radius 1 is 1.25 bits per heavy atom. The van der Waals surface area contributed by atoms with Crippen molar-refractivity contribution in [2.75, 3.05) is 0 Å². The Kier molecular flexibility index (Phi) is 3.10. The van der Waals surface area contributed by atoms with E-state index >= 15 is 0 Å². The summed E-state index contributed by atoms with van der Waals surface area (Å²) in [4.78, 5) is 10.0. The molecule has 20 heavy (non-hydrogen) atoms. The van der Waals surface area contributed by atoms with Gasteiger partial charge in [-0.3, -0.25) is 10.2 Å². The van der Waals surface area contributed by atoms with Crippen LogP contribution in [0.5, 0.6) is 0 Å². The molecule has 0 unspecified atom stereocenters. The van der Waals surface area contributed by atoms with Crippen LogP contribution in [0.4, 0.5) is 0 Å². The predicted molar refractivity (Wildman–Crippen MR) is 81.3 cm³/mol. The molecule has 0 radical (unpaired) electrons. The Hall–Kier alpha value is -1.73. The maximum Gasteiger partial charge on any atom is 0.213 e. The van der Waals surface area contributed by atoms with Crippen molar-refractivity contribution in [3.05, 3.63) is 28.9 Å². The normalized spacial score (nSPS) is 11.9. The van der Waals surface area contributed by atoms with Gasteiger partial charge in [0.25, 0.3) is 0 Å². The lowest BCUT2D eigenvalue weighted by molar-refractivity contribution is 0.567. The van der Waals surface area contributed by atoms with E-state index in [2.05, 4.69) is 36.0 Å². The quantitative estimate of drug-likeness (QED) is 0.698. The second-order valence-electron chi connectivity index (χ2n) is 5.44. The number of H-pyrrole nitrogens is 2. The highest BCUT2D eigenvalue weighted by Crippen LogP contribution is 2.39. The highest BCUT2D eigenvalue weighted by Gasteiger charge is 2.26. The minimum atomic E-state index is -0.0922. The summed E-state index contributed by atoms with van der Waals surface area (Å²) in [7, 11) is 0. The van der Waals surface area contributed by atoms with Crippen LogP contribution in [0.1, 0.15) is 26.5 Å². The van der Waals surface area contributed by atoms with Gasteiger partial charge in [-0.2, -0.15) is 4.98 Å². The fourth-order valence-electron chi connectivity index (χ4n) is 1.87. The third kappa shape index (κ3) is 2.34. The molecule has 0 aliphatic heterocycles. The highest BCUT2D eigenvalue weighted by atomic mass is 32.1. The predicted octanol–water partition coefficient (Wildman–Crippen LogP) is 4.15. The molecule has 0 aliphatic rings. The van der Waals surface area contributed by atoms with Crippen LogP contribution in [0.2, 0.25) is 0 Å². The van der Waals surface area contributed by atoms with Crippen LogP contribution in [0.15, 0.2) is 22.8 Å². The Balaban J connectivity index is 2.19. The zero-order valence-electron chi connectivity index (χ0n) is 11.4. The number of hydrogen-bond acceptors (Lipinski definition) is 5. The number of nitrogens with one attached hydrogen (secondary N) is 2. The SMILES string of the molecule is CC(C)(C)c1nc(-c2ccco2)sc1-c1nc(=S)[nH][nH]1. The van der Waals surface area contributed by atoms with E-state index in [9.17, 15) is 0 Å². The average molecular weight is 306 g/mol. The van der Waals surface area contributed by atoms with Gasteiger partial charge in [-0.15, -0.1) is 11.3 Å². The van der Waals surface area contributed by atoms with Gasteiger partial charge in [-0.1, -0.05) is 20.8 Å². The van der Waals surface area contributed by atoms with E-state index in [0.717, 1.165) is 27.2 Å². The van der Waals surface area contributed by atoms with Crippen molar-refractivity contribution in [1.29, 1.82) is 0 Å². The Labute approximate surface area is 125 Å². The summed E-state index contributed by atoms with van der Waals surface area (Å²) in [5.74, 6) is 1.48. The van der Waals surface area contributed by atoms with E-state index < -0.39 is 0 Å². The Bertz CT molecular complexity index is 774. The van der Waals surface area contributed by atoms with Crippen molar-refractivity contribution in [2.45, 2.75) is 26.2 Å². The van der Waals surface area contributed by atoms with E-state index in [1.807, 2.05) is 12.1 Å². The second-order valence-corrected chi connectivity index (χ2v) is 6.83. The van der Waals surface area contributed by atoms with Crippen LogP contribution in [0, 0.1) is 4.77 Å². The largest absolute Gasteiger partial charge is 0.462 e. The molecule has 2 N–H and O–H groups in total. The van der Waals surface area contributed by atoms with Gasteiger partial charge >= 0.3 is 0 Å². The van der Waals surface area contributed by atoms with Crippen molar-refractivity contribution in [3.63, 3.8) is 0 Å². The van der Waals surface area contributed by atoms with Crippen molar-refractivity contribution in [3.8, 4) is 21.5 Å². The van der Waals surface area contributed by atoms with Crippen LogP contribution in [0.3, 0.4) is 0 Å². The molecule has 7 heteroatoms. The molecule has 0 bridgehead atoms. The number of furan rings is 1. The summed E-state index contributed by atoms with van der Waals surface area (Å²) in [5, 5.41) is 6.66. The molecule has 3 aromatic heterocycles. The molecule has 3 aromatic rings. The van der Waals surface area contributed by atoms with Crippen LogP contribution >= 0.6 is 23.6 Å². The summed E-state index contributed by atoms with van der Waals surface area (Å²) in [5.41, 5.74) is 0.886. The van der Waals surface area contributed by atoms with E-state index in [4.69, 9.17) is 21.6 Å². The number of rotatable bonds is 2. The molecule has 0 aliphatic carbocycles. The van der Waals surface area contributed by atoms with Crippen molar-refractivity contribution < 1.29 is 4.42 Å². The summed E-state index contributed by atoms with van der Waals surface area (Å²) < 4.78 is 5.87. The Morgan fingerprint density at radius 2 is 2.05 bits per heavy atom. The summed E-state index contributed by atoms with van der Waals surface area (Å²) in [6.07, 6.45) is 1.65. The first-order valence-electron chi connectivity index (χ1n) is 6.15. The Morgan fingerprint density at radius 3 is 2.60 bits per heavy atom. The lowest BCUT2D eigenvalue weighted by Gasteiger charge is -2.16. The maximum absolute atomic E-state index is 5.43. The van der Waals surface area contributed by atoms with E-state index in [1.165, 1.54) is 0 Å². The molecule has 3 rings (SSSR count). The van der Waals surface area contributed by atoms with Gasteiger partial charge < -0.3 is 4.42 Å². The van der Waals surface area contributed by atoms with E-state index in [-0.39, 0.29) is 5.41 Å². The molecule has 0 fully saturated rings. The first-order chi connectivity index (χ1) is 9.45. The molecule has 3 heterocycles. The molecular weight excluding hydrogens is 292 g/mol. The minimum Gasteiger partial charge on any atom is -0.462 e. The highest BCUT2D eigenvalue weighted by molar-refractivity contribution is 7.71. The molecule has 0 saturated heterocycles. The fourth-order valence-corrected chi connectivity index (χ4v) is 3.20. The van der Waals surface area contributed by atoms with Gasteiger partial charge in [0.1, 0.15) is 0 Å². The van der Waals surface area contributed by atoms with Crippen LogP contribution in [0.25, 0.3) is 21.5 Å². The summed E-state index contributed by atoms with van der Waals surface area (Å²) in [6, 6.07) is 3.76. The average Bonchev–Trinajstić information content (AvgIpc) is 3.06. The van der Waals surface area contributed by atoms with Crippen LogP contribution in [-0.2, 0) is 5.41 Å². The smallest absolute Gasteiger partial charge is 0.213 e. The fraction of sp³-hybridized carbons (Fsp3) is 0.308. The molecule has 5 nitrogen and oxygen atoms in total. The maximum atomic E-state index is 5.43. The lowest BCUT2D eigenvalue weighted by Crippen LogP contribution is -2.13. The second kappa shape index (κ2) is 4.68. The molecule has 0 aromatic carbocycles. The molecule has 0 atom stereocenters. The molecule has 0 spiro atoms. The van der Waals surface area contributed by atoms with E-state index in [1.54, 1.807) is 17.6 Å². The van der Waals surface area contributed by atoms with Gasteiger partial charge in [0.15, 0.2) is 16.6 Å². The zero-order chi connectivity index (χ0) is 14.3. The molecular formula is C13H14N4OS2. The van der Waals surface area contributed by atoms with Gasteiger partial charge in [0, 0.05) is 5.41 Å². The van der Waals surface area contributed by atoms with Crippen molar-refractivity contribution >= 4 is 23.6 Å². The van der Waals surface area contributed by atoms with Crippen molar-refractivity contribution in [1.82, 2.24) is 20.2 Å². The van der Waals surface area contributed by atoms with Gasteiger partial charge in [0.2, 0.25) is 4.77 Å². The zero-order valence-corrected chi connectivity index (χ0v) is 13.0. The van der Waals surface area contributed by atoms with Crippen LogP contribution in [-0.4, -0.2) is 20.2 Å². The number of nitrogens with zero attached hydrogens (tertiary/aromatic N) is 2. The van der Waals surface area contributed by atoms with Crippen LogP contribution < -0.4 is 0 Å². The number of aromatic nitrogens is 4. The standard InChI is InChI=1S/C13H14N4OS2/c1-13(2,3)9-8(10-15-12(19)17-16-10)20-11(14-9)7-5-4-6-18-7/h4-6H,1-3H3,(H2,15,16,17,19). The number of aromatic amines is 2. The van der Waals surface area contributed by atoms with Gasteiger partial charge in [0.05, 0.1) is 16.8 Å². The van der Waals surface area contributed by atoms with Gasteiger partial charge in [-0.25, -0.2) is 4.98 Å². The summed E-state index contributed by atoms with van der Waals surface area (Å²) >= 11 is 6.57. The molecule has 0 amide bonds. The first-order valence-corrected chi connectivity index (χ1v) is 7.38. The van der Waals surface area contributed by atoms with Crippen molar-refractivity contribution in [2.24, 2.45) is 0 Å². The number of thiazole rings is 1. The topological polar surface area (TPSA) is 70.5 Å².